The predicted octanol–water partition coefficient (Wildman–Crippen LogP) is 2.02. The lowest BCUT2D eigenvalue weighted by molar-refractivity contribution is 0.213. The Bertz CT molecular complexity index is 342. The van der Waals surface area contributed by atoms with Crippen molar-refractivity contribution in [2.75, 3.05) is 19.6 Å². The Morgan fingerprint density at radius 1 is 1.18 bits per heavy atom. The van der Waals surface area contributed by atoms with Crippen LogP contribution in [-0.2, 0) is 6.42 Å². The lowest BCUT2D eigenvalue weighted by atomic mass is 10.1. The normalized spacial score (nSPS) is 18.8. The Labute approximate surface area is 102 Å². The van der Waals surface area contributed by atoms with Crippen LogP contribution in [0.4, 0.5) is 0 Å². The summed E-state index contributed by atoms with van der Waals surface area (Å²) in [6, 6.07) is 11.0. The Morgan fingerprint density at radius 3 is 2.53 bits per heavy atom. The third kappa shape index (κ3) is 3.82. The second kappa shape index (κ2) is 6.35. The highest BCUT2D eigenvalue weighted by Crippen LogP contribution is 2.14. The molecular formula is C13H20N4. The van der Waals surface area contributed by atoms with Crippen LogP contribution in [0.1, 0.15) is 18.4 Å². The maximum absolute atomic E-state index is 5.07. The Morgan fingerprint density at radius 2 is 1.88 bits per heavy atom. The molecule has 1 aliphatic rings. The van der Waals surface area contributed by atoms with Crippen molar-refractivity contribution < 1.29 is 0 Å². The van der Waals surface area contributed by atoms with E-state index in [0.29, 0.717) is 6.04 Å². The fourth-order valence-electron chi connectivity index (χ4n) is 2.28. The summed E-state index contributed by atoms with van der Waals surface area (Å²) in [6.45, 7) is 3.35. The van der Waals surface area contributed by atoms with Crippen LogP contribution in [-0.4, -0.2) is 30.6 Å². The van der Waals surface area contributed by atoms with Crippen molar-refractivity contribution in [2.24, 2.45) is 16.2 Å². The van der Waals surface area contributed by atoms with E-state index >= 15 is 0 Å². The van der Waals surface area contributed by atoms with Gasteiger partial charge in [0.05, 0.1) is 6.04 Å². The molecule has 92 valence electrons. The van der Waals surface area contributed by atoms with E-state index in [-0.39, 0.29) is 0 Å². The zero-order valence-electron chi connectivity index (χ0n) is 10.1. The summed E-state index contributed by atoms with van der Waals surface area (Å²) in [5, 5.41) is 7.40. The summed E-state index contributed by atoms with van der Waals surface area (Å²) in [4.78, 5) is 2.50. The maximum atomic E-state index is 5.07. The number of piperidine rings is 1. The van der Waals surface area contributed by atoms with E-state index in [1.54, 1.807) is 0 Å². The molecule has 0 amide bonds. The summed E-state index contributed by atoms with van der Waals surface area (Å²) >= 11 is 0. The smallest absolute Gasteiger partial charge is 0.0753 e. The van der Waals surface area contributed by atoms with Crippen molar-refractivity contribution >= 4 is 0 Å². The number of nitrogens with zero attached hydrogens (tertiary/aromatic N) is 3. The van der Waals surface area contributed by atoms with Crippen LogP contribution in [0.25, 0.3) is 0 Å². The Balaban J connectivity index is 1.72. The summed E-state index contributed by atoms with van der Waals surface area (Å²) in [7, 11) is 0. The number of likely N-dealkylation sites (tertiary alicyclic amines) is 1. The number of benzene rings is 1. The molecule has 2 N–H and O–H groups in total. The Hall–Kier alpha value is -1.42. The molecule has 1 fully saturated rings. The average Bonchev–Trinajstić information content (AvgIpc) is 2.40. The molecule has 0 spiro atoms. The van der Waals surface area contributed by atoms with Crippen molar-refractivity contribution in [1.82, 2.24) is 4.90 Å². The minimum absolute atomic E-state index is 0.341. The van der Waals surface area contributed by atoms with E-state index in [1.807, 2.05) is 0 Å². The van der Waals surface area contributed by atoms with Crippen molar-refractivity contribution in [3.63, 3.8) is 0 Å². The molecule has 1 heterocycles. The molecule has 1 aliphatic heterocycles. The molecule has 4 nitrogen and oxygen atoms in total. The highest BCUT2D eigenvalue weighted by Gasteiger charge is 2.18. The van der Waals surface area contributed by atoms with Crippen LogP contribution in [0.3, 0.4) is 0 Å². The minimum atomic E-state index is 0.341. The second-order valence-electron chi connectivity index (χ2n) is 4.54. The van der Waals surface area contributed by atoms with Crippen molar-refractivity contribution in [3.8, 4) is 0 Å². The van der Waals surface area contributed by atoms with E-state index in [4.69, 9.17) is 5.84 Å². The molecule has 17 heavy (non-hydrogen) atoms. The third-order valence-corrected chi connectivity index (χ3v) is 3.35. The van der Waals surface area contributed by atoms with Gasteiger partial charge in [-0.3, -0.25) is 0 Å². The summed E-state index contributed by atoms with van der Waals surface area (Å²) in [5.41, 5.74) is 1.41. The fraction of sp³-hybridized carbons (Fsp3) is 0.538. The van der Waals surface area contributed by atoms with Gasteiger partial charge in [-0.25, -0.2) is 0 Å². The van der Waals surface area contributed by atoms with Gasteiger partial charge in [-0.15, -0.1) is 0 Å². The molecule has 2 rings (SSSR count). The molecule has 1 aromatic carbocycles. The molecule has 0 aromatic heterocycles. The topological polar surface area (TPSA) is 54.0 Å². The molecule has 1 aromatic rings. The number of nitrogens with two attached hydrogens (primary N) is 1. The maximum Gasteiger partial charge on any atom is 0.0753 e. The van der Waals surface area contributed by atoms with Gasteiger partial charge in [0.25, 0.3) is 0 Å². The van der Waals surface area contributed by atoms with E-state index < -0.39 is 0 Å². The van der Waals surface area contributed by atoms with Crippen LogP contribution in [0.5, 0.6) is 0 Å². The van der Waals surface area contributed by atoms with Gasteiger partial charge in [-0.2, -0.15) is 5.11 Å². The van der Waals surface area contributed by atoms with Gasteiger partial charge in [0.1, 0.15) is 0 Å². The molecule has 0 atom stereocenters. The van der Waals surface area contributed by atoms with Gasteiger partial charge in [-0.05, 0) is 24.8 Å². The van der Waals surface area contributed by atoms with Crippen LogP contribution >= 0.6 is 0 Å². The second-order valence-corrected chi connectivity index (χ2v) is 4.54. The summed E-state index contributed by atoms with van der Waals surface area (Å²) in [6.07, 6.45) is 3.29. The average molecular weight is 232 g/mol. The summed E-state index contributed by atoms with van der Waals surface area (Å²) < 4.78 is 0. The van der Waals surface area contributed by atoms with Gasteiger partial charge in [0.2, 0.25) is 0 Å². The highest BCUT2D eigenvalue weighted by molar-refractivity contribution is 5.14. The third-order valence-electron chi connectivity index (χ3n) is 3.35. The Kier molecular flexibility index (Phi) is 4.50. The summed E-state index contributed by atoms with van der Waals surface area (Å²) in [5.74, 6) is 5.07. The monoisotopic (exact) mass is 232 g/mol. The lowest BCUT2D eigenvalue weighted by Gasteiger charge is -2.29. The highest BCUT2D eigenvalue weighted by atomic mass is 15.3. The number of rotatable bonds is 4. The predicted molar refractivity (Wildman–Crippen MR) is 68.7 cm³/mol. The molecule has 0 radical (unpaired) electrons. The van der Waals surface area contributed by atoms with Crippen molar-refractivity contribution in [1.29, 1.82) is 0 Å². The van der Waals surface area contributed by atoms with E-state index in [2.05, 4.69) is 45.6 Å². The molecular weight excluding hydrogens is 212 g/mol. The SMILES string of the molecule is NN=NC1CCN(CCc2ccccc2)CC1. The van der Waals surface area contributed by atoms with Crippen LogP contribution in [0, 0.1) is 0 Å². The van der Waals surface area contributed by atoms with Gasteiger partial charge >= 0.3 is 0 Å². The standard InChI is InChI=1S/C13H20N4/c14-16-15-13-7-10-17(11-8-13)9-6-12-4-2-1-3-5-12/h1-5,13H,6-11H2,(H2,14,15). The van der Waals surface area contributed by atoms with Gasteiger partial charge in [0, 0.05) is 19.6 Å². The first-order valence-electron chi connectivity index (χ1n) is 6.25. The van der Waals surface area contributed by atoms with E-state index in [1.165, 1.54) is 5.56 Å². The largest absolute Gasteiger partial charge is 0.305 e. The van der Waals surface area contributed by atoms with Crippen molar-refractivity contribution in [2.45, 2.75) is 25.3 Å². The zero-order valence-corrected chi connectivity index (χ0v) is 10.1. The van der Waals surface area contributed by atoms with E-state index in [0.717, 1.165) is 38.9 Å². The fourth-order valence-corrected chi connectivity index (χ4v) is 2.28. The first kappa shape index (κ1) is 12.0. The van der Waals surface area contributed by atoms with E-state index in [9.17, 15) is 0 Å². The van der Waals surface area contributed by atoms with Gasteiger partial charge in [-0.1, -0.05) is 35.6 Å². The van der Waals surface area contributed by atoms with Crippen molar-refractivity contribution in [3.05, 3.63) is 35.9 Å². The molecule has 0 bridgehead atoms. The van der Waals surface area contributed by atoms with Crippen LogP contribution in [0.15, 0.2) is 40.7 Å². The molecule has 4 heteroatoms. The first-order chi connectivity index (χ1) is 8.38. The van der Waals surface area contributed by atoms with Gasteiger partial charge in [0.15, 0.2) is 0 Å². The zero-order chi connectivity index (χ0) is 11.9. The van der Waals surface area contributed by atoms with Gasteiger partial charge < -0.3 is 10.7 Å². The number of hydrogen-bond acceptors (Lipinski definition) is 3. The lowest BCUT2D eigenvalue weighted by Crippen LogP contribution is -2.36. The molecule has 0 saturated carbocycles. The molecule has 0 unspecified atom stereocenters. The van der Waals surface area contributed by atoms with Crippen LogP contribution in [0.2, 0.25) is 0 Å². The minimum Gasteiger partial charge on any atom is -0.305 e. The first-order valence-corrected chi connectivity index (χ1v) is 6.25. The number of hydrogen-bond donors (Lipinski definition) is 1. The molecule has 1 saturated heterocycles. The molecule has 0 aliphatic carbocycles. The quantitative estimate of drug-likeness (QED) is 0.490. The van der Waals surface area contributed by atoms with Crippen LogP contribution < -0.4 is 5.84 Å².